The average molecular weight is 440 g/mol. The second-order valence-corrected chi connectivity index (χ2v) is 7.64. The molecule has 3 rings (SSSR count). The molecule has 0 bridgehead atoms. The second-order valence-electron chi connectivity index (χ2n) is 6.47. The van der Waals surface area contributed by atoms with Gasteiger partial charge >= 0.3 is 0 Å². The molecule has 1 atom stereocenters. The molecule has 0 aliphatic carbocycles. The predicted molar refractivity (Wildman–Crippen MR) is 120 cm³/mol. The number of amides is 2. The van der Waals surface area contributed by atoms with E-state index in [0.29, 0.717) is 16.6 Å². The van der Waals surface area contributed by atoms with E-state index >= 15 is 0 Å². The molecule has 2 aromatic carbocycles. The maximum atomic E-state index is 12.8. The summed E-state index contributed by atoms with van der Waals surface area (Å²) in [4.78, 5) is 42.1. The first-order valence-corrected chi connectivity index (χ1v) is 10.2. The summed E-state index contributed by atoms with van der Waals surface area (Å²) in [5.41, 5.74) is 0.427. The van der Waals surface area contributed by atoms with Gasteiger partial charge in [-0.25, -0.2) is 4.99 Å². The van der Waals surface area contributed by atoms with Gasteiger partial charge in [-0.05, 0) is 24.3 Å². The van der Waals surface area contributed by atoms with Gasteiger partial charge in [-0.15, -0.1) is 6.58 Å². The number of nitrogens with one attached hydrogen (secondary N) is 1. The summed E-state index contributed by atoms with van der Waals surface area (Å²) in [6, 6.07) is 13.3. The zero-order chi connectivity index (χ0) is 22.4. The zero-order valence-electron chi connectivity index (χ0n) is 16.7. The highest BCUT2D eigenvalue weighted by atomic mass is 32.2. The van der Waals surface area contributed by atoms with E-state index in [4.69, 9.17) is 4.74 Å². The molecule has 31 heavy (non-hydrogen) atoms. The quantitative estimate of drug-likeness (QED) is 0.380. The van der Waals surface area contributed by atoms with Gasteiger partial charge in [0.05, 0.1) is 23.8 Å². The Labute approximate surface area is 182 Å². The Hall–Kier alpha value is -3.66. The number of carbonyl (C=O) groups is 2. The van der Waals surface area contributed by atoms with Gasteiger partial charge in [0.2, 0.25) is 11.8 Å². The van der Waals surface area contributed by atoms with E-state index in [1.165, 1.54) is 42.0 Å². The van der Waals surface area contributed by atoms with Crippen LogP contribution in [-0.2, 0) is 9.59 Å². The summed E-state index contributed by atoms with van der Waals surface area (Å²) in [6.07, 6.45) is 1.43. The molecule has 2 amide bonds. The van der Waals surface area contributed by atoms with Crippen LogP contribution >= 0.6 is 11.8 Å². The zero-order valence-corrected chi connectivity index (χ0v) is 17.5. The molecule has 2 aromatic rings. The minimum Gasteiger partial charge on any atom is -0.496 e. The molecular weight excluding hydrogens is 420 g/mol. The Morgan fingerprint density at radius 2 is 2.10 bits per heavy atom. The first kappa shape index (κ1) is 22.0. The highest BCUT2D eigenvalue weighted by Gasteiger charge is 2.38. The SMILES string of the molecule is C=CCN1C(=O)[C@@H](CC(=O)Nc2ccc(OC)cc2[N+](=O)[O-])SC1=Nc1ccccc1. The lowest BCUT2D eigenvalue weighted by molar-refractivity contribution is -0.384. The fraction of sp³-hybridized carbons (Fsp3) is 0.190. The number of nitrogens with zero attached hydrogens (tertiary/aromatic N) is 3. The van der Waals surface area contributed by atoms with Crippen LogP contribution in [-0.4, -0.2) is 45.7 Å². The monoisotopic (exact) mass is 440 g/mol. The number of ether oxygens (including phenoxy) is 1. The second kappa shape index (κ2) is 9.90. The van der Waals surface area contributed by atoms with E-state index in [1.807, 2.05) is 30.3 Å². The fourth-order valence-corrected chi connectivity index (χ4v) is 4.07. The van der Waals surface area contributed by atoms with Crippen molar-refractivity contribution in [2.45, 2.75) is 11.7 Å². The van der Waals surface area contributed by atoms with Crippen molar-refractivity contribution in [3.8, 4) is 5.75 Å². The molecule has 0 aromatic heterocycles. The van der Waals surface area contributed by atoms with Crippen molar-refractivity contribution in [2.24, 2.45) is 4.99 Å². The lowest BCUT2D eigenvalue weighted by Gasteiger charge is -2.13. The van der Waals surface area contributed by atoms with Crippen LogP contribution in [0.3, 0.4) is 0 Å². The first-order chi connectivity index (χ1) is 14.9. The summed E-state index contributed by atoms with van der Waals surface area (Å²) in [5, 5.41) is 13.6. The number of nitro benzene ring substituents is 1. The van der Waals surface area contributed by atoms with Crippen molar-refractivity contribution in [1.29, 1.82) is 0 Å². The lowest BCUT2D eigenvalue weighted by Crippen LogP contribution is -2.33. The molecule has 0 radical (unpaired) electrons. The molecule has 0 saturated carbocycles. The highest BCUT2D eigenvalue weighted by molar-refractivity contribution is 8.15. The van der Waals surface area contributed by atoms with E-state index in [9.17, 15) is 19.7 Å². The maximum Gasteiger partial charge on any atom is 0.296 e. The molecule has 1 aliphatic rings. The number of thioether (sulfide) groups is 1. The number of aliphatic imine (C=N–C) groups is 1. The Bertz CT molecular complexity index is 1040. The number of anilines is 1. The third-order valence-corrected chi connectivity index (χ3v) is 5.53. The summed E-state index contributed by atoms with van der Waals surface area (Å²) in [7, 11) is 1.39. The van der Waals surface area contributed by atoms with Crippen LogP contribution in [0.5, 0.6) is 5.75 Å². The largest absolute Gasteiger partial charge is 0.496 e. The van der Waals surface area contributed by atoms with Gasteiger partial charge in [-0.2, -0.15) is 0 Å². The normalized spacial score (nSPS) is 16.9. The number of methoxy groups -OCH3 is 1. The van der Waals surface area contributed by atoms with Crippen LogP contribution < -0.4 is 10.1 Å². The van der Waals surface area contributed by atoms with Crippen molar-refractivity contribution in [3.05, 3.63) is 71.3 Å². The maximum absolute atomic E-state index is 12.8. The smallest absolute Gasteiger partial charge is 0.296 e. The van der Waals surface area contributed by atoms with E-state index in [-0.39, 0.29) is 30.2 Å². The number of hydrogen-bond donors (Lipinski definition) is 1. The molecule has 1 fully saturated rings. The van der Waals surface area contributed by atoms with Gasteiger partial charge in [-0.1, -0.05) is 36.0 Å². The molecule has 0 unspecified atom stereocenters. The Balaban J connectivity index is 1.76. The topological polar surface area (TPSA) is 114 Å². The molecular formula is C21H20N4O5S. The molecule has 1 saturated heterocycles. The predicted octanol–water partition coefficient (Wildman–Crippen LogP) is 3.75. The standard InChI is InChI=1S/C21H20N4O5S/c1-3-11-24-20(27)18(31-21(24)22-14-7-5-4-6-8-14)13-19(26)23-16-10-9-15(30-2)12-17(16)25(28)29/h3-10,12,18H,1,11,13H2,2H3,(H,23,26)/t18-/m1/s1. The molecule has 1 aliphatic heterocycles. The third kappa shape index (κ3) is 5.28. The minimum atomic E-state index is -0.695. The average Bonchev–Trinajstić information content (AvgIpc) is 3.03. The number of hydrogen-bond acceptors (Lipinski definition) is 7. The van der Waals surface area contributed by atoms with E-state index in [0.717, 1.165) is 0 Å². The van der Waals surface area contributed by atoms with E-state index in [2.05, 4.69) is 16.9 Å². The number of nitro groups is 1. The van der Waals surface area contributed by atoms with Crippen molar-refractivity contribution >= 4 is 45.8 Å². The Kier molecular flexibility index (Phi) is 7.03. The first-order valence-electron chi connectivity index (χ1n) is 9.28. The number of para-hydroxylation sites is 1. The molecule has 10 heteroatoms. The molecule has 1 heterocycles. The van der Waals surface area contributed by atoms with Crippen LogP contribution in [0, 0.1) is 10.1 Å². The van der Waals surface area contributed by atoms with E-state index < -0.39 is 16.1 Å². The molecule has 9 nitrogen and oxygen atoms in total. The van der Waals surface area contributed by atoms with Crippen LogP contribution in [0.1, 0.15) is 6.42 Å². The van der Waals surface area contributed by atoms with E-state index in [1.54, 1.807) is 6.08 Å². The van der Waals surface area contributed by atoms with Crippen molar-refractivity contribution in [2.75, 3.05) is 19.0 Å². The third-order valence-electron chi connectivity index (χ3n) is 4.36. The molecule has 1 N–H and O–H groups in total. The summed E-state index contributed by atoms with van der Waals surface area (Å²) >= 11 is 1.18. The van der Waals surface area contributed by atoms with Crippen molar-refractivity contribution in [1.82, 2.24) is 4.90 Å². The van der Waals surface area contributed by atoms with Gasteiger partial charge in [0.15, 0.2) is 5.17 Å². The molecule has 0 spiro atoms. The number of carbonyl (C=O) groups excluding carboxylic acids is 2. The van der Waals surface area contributed by atoms with Gasteiger partial charge < -0.3 is 10.1 Å². The van der Waals surface area contributed by atoms with Crippen molar-refractivity contribution in [3.63, 3.8) is 0 Å². The van der Waals surface area contributed by atoms with Gasteiger partial charge in [-0.3, -0.25) is 24.6 Å². The molecule has 160 valence electrons. The Morgan fingerprint density at radius 3 is 2.74 bits per heavy atom. The summed E-state index contributed by atoms with van der Waals surface area (Å²) < 4.78 is 4.99. The number of rotatable bonds is 8. The van der Waals surface area contributed by atoms with Crippen LogP contribution in [0.4, 0.5) is 17.1 Å². The van der Waals surface area contributed by atoms with Gasteiger partial charge in [0, 0.05) is 13.0 Å². The fourth-order valence-electron chi connectivity index (χ4n) is 2.90. The van der Waals surface area contributed by atoms with Crippen LogP contribution in [0.25, 0.3) is 0 Å². The summed E-state index contributed by atoms with van der Waals surface area (Å²) in [6.45, 7) is 3.93. The lowest BCUT2D eigenvalue weighted by atomic mass is 10.2. The highest BCUT2D eigenvalue weighted by Crippen LogP contribution is 2.33. The van der Waals surface area contributed by atoms with Crippen LogP contribution in [0.2, 0.25) is 0 Å². The van der Waals surface area contributed by atoms with Crippen LogP contribution in [0.15, 0.2) is 66.2 Å². The van der Waals surface area contributed by atoms with Gasteiger partial charge in [0.1, 0.15) is 16.7 Å². The van der Waals surface area contributed by atoms with Gasteiger partial charge in [0.25, 0.3) is 5.69 Å². The Morgan fingerprint density at radius 1 is 1.35 bits per heavy atom. The van der Waals surface area contributed by atoms with Crippen molar-refractivity contribution < 1.29 is 19.2 Å². The number of amidine groups is 1. The number of benzene rings is 2. The minimum absolute atomic E-state index is 0.0346. The summed E-state index contributed by atoms with van der Waals surface area (Å²) in [5.74, 6) is -0.481.